The molecule has 1 unspecified atom stereocenters. The van der Waals surface area contributed by atoms with Crippen molar-refractivity contribution >= 4 is 22.4 Å². The van der Waals surface area contributed by atoms with E-state index in [0.717, 1.165) is 29.6 Å². The summed E-state index contributed by atoms with van der Waals surface area (Å²) >= 11 is 1.47. The third-order valence-electron chi connectivity index (χ3n) is 4.14. The number of aryl methyl sites for hydroxylation is 2. The largest absolute Gasteiger partial charge is 0.374 e. The van der Waals surface area contributed by atoms with E-state index in [1.807, 2.05) is 23.9 Å². The number of hydrogen-bond acceptors (Lipinski definition) is 6. The Bertz CT molecular complexity index is 685. The Morgan fingerprint density at radius 1 is 1.50 bits per heavy atom. The molecule has 24 heavy (non-hydrogen) atoms. The van der Waals surface area contributed by atoms with Crippen molar-refractivity contribution < 1.29 is 9.53 Å². The van der Waals surface area contributed by atoms with Gasteiger partial charge < -0.3 is 4.74 Å². The standard InChI is InChI=1S/C16H23N5O2S/c1-12-8-13(2)21(18-12)10-14-9-20(5-6-23-14)11-15(22)19(3)16-17-4-7-24-16/h4,7-8,14H,5-6,9-11H2,1-3H3. The van der Waals surface area contributed by atoms with E-state index in [4.69, 9.17) is 4.74 Å². The zero-order valence-electron chi connectivity index (χ0n) is 14.3. The van der Waals surface area contributed by atoms with Crippen molar-refractivity contribution in [2.24, 2.45) is 0 Å². The molecule has 0 saturated carbocycles. The topological polar surface area (TPSA) is 63.5 Å². The van der Waals surface area contributed by atoms with Gasteiger partial charge in [-0.3, -0.25) is 19.3 Å². The molecule has 2 aromatic heterocycles. The minimum atomic E-state index is 0.0507. The van der Waals surface area contributed by atoms with Crippen molar-refractivity contribution in [3.05, 3.63) is 29.0 Å². The van der Waals surface area contributed by atoms with Crippen LogP contribution in [-0.2, 0) is 16.1 Å². The molecule has 2 aromatic rings. The number of anilines is 1. The van der Waals surface area contributed by atoms with Gasteiger partial charge in [-0.25, -0.2) is 4.98 Å². The van der Waals surface area contributed by atoms with Crippen molar-refractivity contribution in [3.63, 3.8) is 0 Å². The maximum Gasteiger partial charge on any atom is 0.242 e. The lowest BCUT2D eigenvalue weighted by atomic mass is 10.2. The molecule has 8 heteroatoms. The van der Waals surface area contributed by atoms with Crippen LogP contribution in [0.1, 0.15) is 11.4 Å². The zero-order chi connectivity index (χ0) is 17.1. The molecular weight excluding hydrogens is 326 g/mol. The summed E-state index contributed by atoms with van der Waals surface area (Å²) < 4.78 is 7.83. The second kappa shape index (κ2) is 7.42. The molecule has 0 spiro atoms. The molecule has 3 rings (SSSR count). The third kappa shape index (κ3) is 4.00. The van der Waals surface area contributed by atoms with Crippen molar-refractivity contribution in [2.75, 3.05) is 38.2 Å². The molecule has 1 fully saturated rings. The lowest BCUT2D eigenvalue weighted by molar-refractivity contribution is -0.121. The molecular formula is C16H23N5O2S. The number of nitrogens with zero attached hydrogens (tertiary/aromatic N) is 5. The van der Waals surface area contributed by atoms with E-state index < -0.39 is 0 Å². The van der Waals surface area contributed by atoms with Crippen LogP contribution in [0.15, 0.2) is 17.6 Å². The van der Waals surface area contributed by atoms with Crippen molar-refractivity contribution in [1.29, 1.82) is 0 Å². The van der Waals surface area contributed by atoms with Crippen molar-refractivity contribution in [2.45, 2.75) is 26.5 Å². The quantitative estimate of drug-likeness (QED) is 0.815. The van der Waals surface area contributed by atoms with Gasteiger partial charge in [-0.15, -0.1) is 11.3 Å². The first-order valence-electron chi connectivity index (χ1n) is 8.04. The van der Waals surface area contributed by atoms with Crippen LogP contribution in [0.4, 0.5) is 5.13 Å². The number of morpholine rings is 1. The number of aromatic nitrogens is 3. The highest BCUT2D eigenvalue weighted by Crippen LogP contribution is 2.16. The minimum absolute atomic E-state index is 0.0507. The second-order valence-electron chi connectivity index (χ2n) is 6.10. The number of rotatable bonds is 5. The summed E-state index contributed by atoms with van der Waals surface area (Å²) in [5, 5.41) is 7.09. The van der Waals surface area contributed by atoms with E-state index in [1.165, 1.54) is 11.3 Å². The molecule has 0 aliphatic carbocycles. The fourth-order valence-corrected chi connectivity index (χ4v) is 3.50. The summed E-state index contributed by atoms with van der Waals surface area (Å²) in [5.74, 6) is 0.0525. The van der Waals surface area contributed by atoms with Crippen LogP contribution in [0.25, 0.3) is 0 Å². The first kappa shape index (κ1) is 17.1. The molecule has 3 heterocycles. The Kier molecular flexibility index (Phi) is 5.27. The summed E-state index contributed by atoms with van der Waals surface area (Å²) in [4.78, 5) is 20.4. The lowest BCUT2D eigenvalue weighted by Crippen LogP contribution is -2.48. The molecule has 7 nitrogen and oxygen atoms in total. The van der Waals surface area contributed by atoms with E-state index in [9.17, 15) is 4.79 Å². The van der Waals surface area contributed by atoms with Crippen LogP contribution in [-0.4, -0.2) is 65.0 Å². The van der Waals surface area contributed by atoms with Gasteiger partial charge in [0.25, 0.3) is 0 Å². The van der Waals surface area contributed by atoms with Gasteiger partial charge in [0.05, 0.1) is 31.5 Å². The average Bonchev–Trinajstić information content (AvgIpc) is 3.17. The summed E-state index contributed by atoms with van der Waals surface area (Å²) in [5.41, 5.74) is 2.15. The van der Waals surface area contributed by atoms with E-state index in [-0.39, 0.29) is 12.0 Å². The molecule has 0 radical (unpaired) electrons. The highest BCUT2D eigenvalue weighted by atomic mass is 32.1. The van der Waals surface area contributed by atoms with Gasteiger partial charge in [-0.05, 0) is 19.9 Å². The van der Waals surface area contributed by atoms with E-state index in [0.29, 0.717) is 19.7 Å². The predicted molar refractivity (Wildman–Crippen MR) is 93.4 cm³/mol. The molecule has 0 N–H and O–H groups in total. The van der Waals surface area contributed by atoms with Crippen LogP contribution in [0, 0.1) is 13.8 Å². The number of carbonyl (C=O) groups is 1. The fourth-order valence-electron chi connectivity index (χ4n) is 2.87. The highest BCUT2D eigenvalue weighted by molar-refractivity contribution is 7.13. The maximum absolute atomic E-state index is 12.4. The van der Waals surface area contributed by atoms with Crippen LogP contribution in [0.2, 0.25) is 0 Å². The molecule has 0 aromatic carbocycles. The Hall–Kier alpha value is -1.77. The van der Waals surface area contributed by atoms with Gasteiger partial charge in [0.2, 0.25) is 5.91 Å². The monoisotopic (exact) mass is 349 g/mol. The van der Waals surface area contributed by atoms with Crippen LogP contribution < -0.4 is 4.90 Å². The van der Waals surface area contributed by atoms with Gasteiger partial charge in [-0.1, -0.05) is 0 Å². The molecule has 130 valence electrons. The van der Waals surface area contributed by atoms with Gasteiger partial charge in [0.1, 0.15) is 0 Å². The maximum atomic E-state index is 12.4. The van der Waals surface area contributed by atoms with E-state index in [2.05, 4.69) is 21.0 Å². The Balaban J connectivity index is 1.55. The molecule has 1 saturated heterocycles. The van der Waals surface area contributed by atoms with Gasteiger partial charge in [-0.2, -0.15) is 5.10 Å². The van der Waals surface area contributed by atoms with Crippen LogP contribution in [0.5, 0.6) is 0 Å². The lowest BCUT2D eigenvalue weighted by Gasteiger charge is -2.33. The number of likely N-dealkylation sites (N-methyl/N-ethyl adjacent to an activating group) is 1. The first-order chi connectivity index (χ1) is 11.5. The highest BCUT2D eigenvalue weighted by Gasteiger charge is 2.25. The van der Waals surface area contributed by atoms with Gasteiger partial charge >= 0.3 is 0 Å². The number of thiazole rings is 1. The van der Waals surface area contributed by atoms with Crippen molar-refractivity contribution in [1.82, 2.24) is 19.7 Å². The van der Waals surface area contributed by atoms with E-state index >= 15 is 0 Å². The zero-order valence-corrected chi connectivity index (χ0v) is 15.1. The number of carbonyl (C=O) groups excluding carboxylic acids is 1. The summed E-state index contributed by atoms with van der Waals surface area (Å²) in [6.45, 7) is 7.27. The van der Waals surface area contributed by atoms with Crippen molar-refractivity contribution in [3.8, 4) is 0 Å². The molecule has 1 aliphatic heterocycles. The SMILES string of the molecule is Cc1cc(C)n(CC2CN(CC(=O)N(C)c3nccs3)CCO2)n1. The summed E-state index contributed by atoms with van der Waals surface area (Å²) in [6, 6.07) is 2.06. The van der Waals surface area contributed by atoms with Gasteiger partial charge in [0, 0.05) is 37.4 Å². The Morgan fingerprint density at radius 2 is 2.33 bits per heavy atom. The predicted octanol–water partition coefficient (Wildman–Crippen LogP) is 1.32. The molecule has 1 amide bonds. The third-order valence-corrected chi connectivity index (χ3v) is 4.99. The summed E-state index contributed by atoms with van der Waals surface area (Å²) in [7, 11) is 1.77. The number of hydrogen-bond donors (Lipinski definition) is 0. The average molecular weight is 349 g/mol. The number of ether oxygens (including phenoxy) is 1. The summed E-state index contributed by atoms with van der Waals surface area (Å²) in [6.07, 6.45) is 1.76. The minimum Gasteiger partial charge on any atom is -0.374 e. The molecule has 1 aliphatic rings. The molecule has 1 atom stereocenters. The first-order valence-corrected chi connectivity index (χ1v) is 8.92. The van der Waals surface area contributed by atoms with Crippen LogP contribution in [0.3, 0.4) is 0 Å². The smallest absolute Gasteiger partial charge is 0.242 e. The Morgan fingerprint density at radius 3 is 3.00 bits per heavy atom. The normalized spacial score (nSPS) is 18.7. The second-order valence-corrected chi connectivity index (χ2v) is 6.98. The molecule has 0 bridgehead atoms. The van der Waals surface area contributed by atoms with Gasteiger partial charge in [0.15, 0.2) is 5.13 Å². The number of amides is 1. The van der Waals surface area contributed by atoms with E-state index in [1.54, 1.807) is 18.1 Å². The Labute approximate surface area is 145 Å². The fraction of sp³-hybridized carbons (Fsp3) is 0.562. The van der Waals surface area contributed by atoms with Crippen LogP contribution >= 0.6 is 11.3 Å².